The quantitative estimate of drug-likeness (QED) is 0.900. The summed E-state index contributed by atoms with van der Waals surface area (Å²) in [6.07, 6.45) is 3.67. The average molecular weight is 309 g/mol. The monoisotopic (exact) mass is 308 g/mol. The molecule has 1 unspecified atom stereocenters. The van der Waals surface area contributed by atoms with Crippen molar-refractivity contribution in [2.45, 2.75) is 32.7 Å². The van der Waals surface area contributed by atoms with Gasteiger partial charge < -0.3 is 9.73 Å². The van der Waals surface area contributed by atoms with E-state index in [-0.39, 0.29) is 0 Å². The van der Waals surface area contributed by atoms with Crippen LogP contribution in [-0.2, 0) is 6.42 Å². The van der Waals surface area contributed by atoms with E-state index in [1.54, 1.807) is 6.26 Å². The van der Waals surface area contributed by atoms with Crippen molar-refractivity contribution in [1.29, 1.82) is 0 Å². The highest BCUT2D eigenvalue weighted by Crippen LogP contribution is 2.17. The van der Waals surface area contributed by atoms with Gasteiger partial charge in [-0.25, -0.2) is 4.98 Å². The first kappa shape index (κ1) is 13.1. The van der Waals surface area contributed by atoms with Crippen LogP contribution in [-0.4, -0.2) is 11.0 Å². The Morgan fingerprint density at radius 2 is 2.22 bits per heavy atom. The third-order valence-corrected chi connectivity index (χ3v) is 3.66. The van der Waals surface area contributed by atoms with Gasteiger partial charge in [0.15, 0.2) is 0 Å². The van der Waals surface area contributed by atoms with Gasteiger partial charge in [0.05, 0.1) is 12.0 Å². The highest BCUT2D eigenvalue weighted by molar-refractivity contribution is 9.10. The van der Waals surface area contributed by atoms with E-state index >= 15 is 0 Å². The van der Waals surface area contributed by atoms with E-state index in [4.69, 9.17) is 4.42 Å². The molecule has 18 heavy (non-hydrogen) atoms. The minimum absolute atomic E-state index is 0.364. The zero-order chi connectivity index (χ0) is 13.0. The maximum Gasteiger partial charge on any atom is 0.126 e. The van der Waals surface area contributed by atoms with E-state index in [9.17, 15) is 0 Å². The topological polar surface area (TPSA) is 38.1 Å². The van der Waals surface area contributed by atoms with Crippen LogP contribution in [0.3, 0.4) is 0 Å². The summed E-state index contributed by atoms with van der Waals surface area (Å²) in [5, 5.41) is 3.40. The standard InChI is InChI=1S/C14H17BrN2O/c1-10(5-6-12-4-3-9-18-12)16-14-8-7-13(15)11(2)17-14/h3-4,7-10H,5-6H2,1-2H3,(H,16,17). The highest BCUT2D eigenvalue weighted by Gasteiger charge is 2.06. The Bertz CT molecular complexity index is 497. The van der Waals surface area contributed by atoms with Gasteiger partial charge in [0.1, 0.15) is 11.6 Å². The average Bonchev–Trinajstić information content (AvgIpc) is 2.84. The Hall–Kier alpha value is -1.29. The van der Waals surface area contributed by atoms with Crippen molar-refractivity contribution < 1.29 is 4.42 Å². The van der Waals surface area contributed by atoms with Crippen LogP contribution in [0.1, 0.15) is 24.8 Å². The summed E-state index contributed by atoms with van der Waals surface area (Å²) >= 11 is 3.45. The molecular formula is C14H17BrN2O. The lowest BCUT2D eigenvalue weighted by atomic mass is 10.1. The summed E-state index contributed by atoms with van der Waals surface area (Å²) < 4.78 is 6.36. The first-order valence-corrected chi connectivity index (χ1v) is 6.86. The number of nitrogens with zero attached hydrogens (tertiary/aromatic N) is 1. The van der Waals surface area contributed by atoms with Gasteiger partial charge in [0, 0.05) is 16.9 Å². The van der Waals surface area contributed by atoms with E-state index in [0.29, 0.717) is 6.04 Å². The lowest BCUT2D eigenvalue weighted by molar-refractivity contribution is 0.495. The lowest BCUT2D eigenvalue weighted by Crippen LogP contribution is -2.17. The second kappa shape index (κ2) is 6.05. The molecule has 2 heterocycles. The number of anilines is 1. The fourth-order valence-electron chi connectivity index (χ4n) is 1.76. The predicted octanol–water partition coefficient (Wildman–Crippen LogP) is 4.18. The molecule has 3 nitrogen and oxygen atoms in total. The van der Waals surface area contributed by atoms with Gasteiger partial charge in [0.2, 0.25) is 0 Å². The van der Waals surface area contributed by atoms with Crippen LogP contribution >= 0.6 is 15.9 Å². The number of rotatable bonds is 5. The molecule has 4 heteroatoms. The van der Waals surface area contributed by atoms with Gasteiger partial charge in [-0.15, -0.1) is 0 Å². The van der Waals surface area contributed by atoms with Gasteiger partial charge in [-0.05, 0) is 60.5 Å². The summed E-state index contributed by atoms with van der Waals surface area (Å²) in [4.78, 5) is 4.48. The molecule has 1 atom stereocenters. The summed E-state index contributed by atoms with van der Waals surface area (Å²) in [7, 11) is 0. The first-order valence-electron chi connectivity index (χ1n) is 6.07. The molecule has 0 saturated carbocycles. The zero-order valence-electron chi connectivity index (χ0n) is 10.6. The number of nitrogens with one attached hydrogen (secondary N) is 1. The number of hydrogen-bond acceptors (Lipinski definition) is 3. The Balaban J connectivity index is 1.86. The Morgan fingerprint density at radius 1 is 1.39 bits per heavy atom. The fraction of sp³-hybridized carbons (Fsp3) is 0.357. The molecular weight excluding hydrogens is 292 g/mol. The van der Waals surface area contributed by atoms with Crippen molar-refractivity contribution in [3.63, 3.8) is 0 Å². The van der Waals surface area contributed by atoms with Crippen LogP contribution in [0.15, 0.2) is 39.4 Å². The van der Waals surface area contributed by atoms with Crippen molar-refractivity contribution in [3.05, 3.63) is 46.5 Å². The molecule has 0 aliphatic carbocycles. The largest absolute Gasteiger partial charge is 0.469 e. The number of halogens is 1. The Kier molecular flexibility index (Phi) is 4.42. The molecule has 0 radical (unpaired) electrons. The predicted molar refractivity (Wildman–Crippen MR) is 76.8 cm³/mol. The number of aryl methyl sites for hydroxylation is 2. The second-order valence-electron chi connectivity index (χ2n) is 4.43. The lowest BCUT2D eigenvalue weighted by Gasteiger charge is -2.14. The maximum absolute atomic E-state index is 5.32. The summed E-state index contributed by atoms with van der Waals surface area (Å²) in [5.74, 6) is 1.95. The molecule has 0 aliphatic rings. The molecule has 0 bridgehead atoms. The minimum atomic E-state index is 0.364. The summed E-state index contributed by atoms with van der Waals surface area (Å²) in [5.41, 5.74) is 0.998. The number of furan rings is 1. The van der Waals surface area contributed by atoms with Crippen molar-refractivity contribution in [2.75, 3.05) is 5.32 Å². The van der Waals surface area contributed by atoms with Crippen LogP contribution < -0.4 is 5.32 Å². The normalized spacial score (nSPS) is 12.4. The van der Waals surface area contributed by atoms with E-state index in [0.717, 1.165) is 34.6 Å². The van der Waals surface area contributed by atoms with Crippen LogP contribution in [0.4, 0.5) is 5.82 Å². The van der Waals surface area contributed by atoms with Gasteiger partial charge in [-0.3, -0.25) is 0 Å². The highest BCUT2D eigenvalue weighted by atomic mass is 79.9. The Labute approximate surface area is 116 Å². The van der Waals surface area contributed by atoms with Gasteiger partial charge in [-0.2, -0.15) is 0 Å². The van der Waals surface area contributed by atoms with Crippen molar-refractivity contribution in [3.8, 4) is 0 Å². The number of pyridine rings is 1. The third-order valence-electron chi connectivity index (χ3n) is 2.82. The van der Waals surface area contributed by atoms with E-state index in [1.807, 2.05) is 31.2 Å². The van der Waals surface area contributed by atoms with Crippen LogP contribution in [0.5, 0.6) is 0 Å². The zero-order valence-corrected chi connectivity index (χ0v) is 12.2. The molecule has 0 amide bonds. The first-order chi connectivity index (χ1) is 8.65. The summed E-state index contributed by atoms with van der Waals surface area (Å²) in [6, 6.07) is 8.30. The Morgan fingerprint density at radius 3 is 2.89 bits per heavy atom. The molecule has 0 fully saturated rings. The van der Waals surface area contributed by atoms with Crippen LogP contribution in [0.25, 0.3) is 0 Å². The molecule has 2 aromatic heterocycles. The third kappa shape index (κ3) is 3.60. The van der Waals surface area contributed by atoms with Crippen molar-refractivity contribution in [2.24, 2.45) is 0 Å². The van der Waals surface area contributed by atoms with Crippen molar-refractivity contribution in [1.82, 2.24) is 4.98 Å². The molecule has 2 rings (SSSR count). The SMILES string of the molecule is Cc1nc(NC(C)CCc2ccco2)ccc1Br. The van der Waals surface area contributed by atoms with Gasteiger partial charge in [-0.1, -0.05) is 0 Å². The molecule has 0 aliphatic heterocycles. The molecule has 1 N–H and O–H groups in total. The van der Waals surface area contributed by atoms with E-state index in [2.05, 4.69) is 33.2 Å². The molecule has 0 saturated heterocycles. The maximum atomic E-state index is 5.32. The molecule has 2 aromatic rings. The second-order valence-corrected chi connectivity index (χ2v) is 5.28. The molecule has 0 spiro atoms. The van der Waals surface area contributed by atoms with E-state index in [1.165, 1.54) is 0 Å². The van der Waals surface area contributed by atoms with E-state index < -0.39 is 0 Å². The van der Waals surface area contributed by atoms with Crippen LogP contribution in [0, 0.1) is 6.92 Å². The van der Waals surface area contributed by atoms with Gasteiger partial charge >= 0.3 is 0 Å². The molecule has 96 valence electrons. The van der Waals surface area contributed by atoms with Crippen LogP contribution in [0.2, 0.25) is 0 Å². The van der Waals surface area contributed by atoms with Crippen molar-refractivity contribution >= 4 is 21.7 Å². The number of aromatic nitrogens is 1. The minimum Gasteiger partial charge on any atom is -0.469 e. The number of hydrogen-bond donors (Lipinski definition) is 1. The summed E-state index contributed by atoms with van der Waals surface area (Å²) in [6.45, 7) is 4.14. The molecule has 0 aromatic carbocycles. The fourth-order valence-corrected chi connectivity index (χ4v) is 1.98. The smallest absolute Gasteiger partial charge is 0.126 e. The van der Waals surface area contributed by atoms with Gasteiger partial charge in [0.25, 0.3) is 0 Å².